The molecule has 112 valence electrons. The number of benzene rings is 1. The minimum atomic E-state index is -2.81. The van der Waals surface area contributed by atoms with Gasteiger partial charge in [0.1, 0.15) is 5.82 Å². The highest BCUT2D eigenvalue weighted by Gasteiger charge is 2.34. The number of hydrogen-bond donors (Lipinski definition) is 0. The molecule has 0 bridgehead atoms. The number of ether oxygens (including phenoxy) is 1. The van der Waals surface area contributed by atoms with Gasteiger partial charge in [-0.15, -0.1) is 0 Å². The fourth-order valence-electron chi connectivity index (χ4n) is 2.40. The summed E-state index contributed by atoms with van der Waals surface area (Å²) in [5, 5.41) is 4.37. The Morgan fingerprint density at radius 1 is 1.33 bits per heavy atom. The van der Waals surface area contributed by atoms with Crippen LogP contribution in [0.4, 0.5) is 13.2 Å². The normalized spacial score (nSPS) is 17.0. The number of alkyl halides is 2. The molecule has 0 radical (unpaired) electrons. The minimum Gasteiger partial charge on any atom is -0.380 e. The molecule has 0 atom stereocenters. The Morgan fingerprint density at radius 2 is 2.10 bits per heavy atom. The lowest BCUT2D eigenvalue weighted by Gasteiger charge is -2.37. The monoisotopic (exact) mass is 296 g/mol. The highest BCUT2D eigenvalue weighted by Crippen LogP contribution is 2.30. The highest BCUT2D eigenvalue weighted by molar-refractivity contribution is 5.59. The number of aromatic nitrogens is 2. The first kappa shape index (κ1) is 14.1. The van der Waals surface area contributed by atoms with Crippen molar-refractivity contribution in [3.63, 3.8) is 0 Å². The van der Waals surface area contributed by atoms with Crippen molar-refractivity contribution in [3.8, 4) is 11.3 Å². The Morgan fingerprint density at radius 3 is 2.67 bits per heavy atom. The van der Waals surface area contributed by atoms with Crippen LogP contribution in [0.15, 0.2) is 30.5 Å². The molecule has 3 rings (SSSR count). The molecular formula is C15H15F3N2O. The summed E-state index contributed by atoms with van der Waals surface area (Å²) in [6.07, 6.45) is -1.01. The van der Waals surface area contributed by atoms with Gasteiger partial charge in [0.25, 0.3) is 6.43 Å². The van der Waals surface area contributed by atoms with Gasteiger partial charge in [-0.1, -0.05) is 13.0 Å². The van der Waals surface area contributed by atoms with E-state index >= 15 is 0 Å². The maximum Gasteiger partial charge on any atom is 0.266 e. The molecule has 1 saturated heterocycles. The number of halogens is 3. The molecule has 2 aromatic rings. The van der Waals surface area contributed by atoms with Crippen LogP contribution in [0.25, 0.3) is 11.3 Å². The summed E-state index contributed by atoms with van der Waals surface area (Å²) in [7, 11) is 0. The SMILES string of the molecule is CC1(Cn2ccc(-c3ccc(C(F)F)c(F)c3)n2)COC1. The van der Waals surface area contributed by atoms with E-state index in [9.17, 15) is 13.2 Å². The molecule has 3 nitrogen and oxygen atoms in total. The molecule has 6 heteroatoms. The van der Waals surface area contributed by atoms with Crippen LogP contribution in [-0.2, 0) is 11.3 Å². The molecule has 0 spiro atoms. The maximum absolute atomic E-state index is 13.6. The molecule has 0 unspecified atom stereocenters. The summed E-state index contributed by atoms with van der Waals surface area (Å²) in [5.74, 6) is -0.906. The van der Waals surface area contributed by atoms with E-state index in [1.807, 2.05) is 0 Å². The van der Waals surface area contributed by atoms with Gasteiger partial charge in [0.05, 0.1) is 31.0 Å². The Labute approximate surface area is 120 Å². The summed E-state index contributed by atoms with van der Waals surface area (Å²) >= 11 is 0. The Balaban J connectivity index is 1.81. The summed E-state index contributed by atoms with van der Waals surface area (Å²) in [5.41, 5.74) is 0.551. The molecule has 1 fully saturated rings. The van der Waals surface area contributed by atoms with E-state index in [2.05, 4.69) is 12.0 Å². The van der Waals surface area contributed by atoms with Gasteiger partial charge in [0.2, 0.25) is 0 Å². The average Bonchev–Trinajstić information content (AvgIpc) is 2.84. The lowest BCUT2D eigenvalue weighted by Crippen LogP contribution is -2.43. The van der Waals surface area contributed by atoms with Gasteiger partial charge in [-0.2, -0.15) is 5.10 Å². The first-order valence-electron chi connectivity index (χ1n) is 6.66. The second-order valence-electron chi connectivity index (χ2n) is 5.74. The number of hydrogen-bond acceptors (Lipinski definition) is 2. The molecule has 0 aliphatic carbocycles. The first-order valence-corrected chi connectivity index (χ1v) is 6.66. The van der Waals surface area contributed by atoms with E-state index in [4.69, 9.17) is 4.74 Å². The molecule has 1 aliphatic rings. The van der Waals surface area contributed by atoms with E-state index in [1.165, 1.54) is 6.07 Å². The predicted octanol–water partition coefficient (Wildman–Crippen LogP) is 3.66. The van der Waals surface area contributed by atoms with Crippen molar-refractivity contribution < 1.29 is 17.9 Å². The molecule has 21 heavy (non-hydrogen) atoms. The molecule has 2 heterocycles. The molecule has 1 aromatic carbocycles. The zero-order valence-electron chi connectivity index (χ0n) is 11.5. The van der Waals surface area contributed by atoms with E-state index in [-0.39, 0.29) is 5.41 Å². The van der Waals surface area contributed by atoms with Crippen LogP contribution in [0.5, 0.6) is 0 Å². The van der Waals surface area contributed by atoms with Gasteiger partial charge >= 0.3 is 0 Å². The van der Waals surface area contributed by atoms with Crippen LogP contribution >= 0.6 is 0 Å². The van der Waals surface area contributed by atoms with Crippen molar-refractivity contribution in [3.05, 3.63) is 41.8 Å². The molecule has 0 saturated carbocycles. The van der Waals surface area contributed by atoms with Crippen LogP contribution in [0, 0.1) is 11.2 Å². The van der Waals surface area contributed by atoms with Gasteiger partial charge in [0.15, 0.2) is 0 Å². The third-order valence-electron chi connectivity index (χ3n) is 3.62. The van der Waals surface area contributed by atoms with Crippen LogP contribution in [0.1, 0.15) is 18.9 Å². The van der Waals surface area contributed by atoms with Crippen LogP contribution in [0.3, 0.4) is 0 Å². The third kappa shape index (κ3) is 2.81. The second kappa shape index (κ2) is 5.18. The maximum atomic E-state index is 13.6. The summed E-state index contributed by atoms with van der Waals surface area (Å²) < 4.78 is 45.6. The average molecular weight is 296 g/mol. The van der Waals surface area contributed by atoms with Crippen molar-refractivity contribution in [1.29, 1.82) is 0 Å². The molecule has 0 N–H and O–H groups in total. The quantitative estimate of drug-likeness (QED) is 0.861. The van der Waals surface area contributed by atoms with Crippen molar-refractivity contribution in [2.45, 2.75) is 19.9 Å². The highest BCUT2D eigenvalue weighted by atomic mass is 19.3. The zero-order chi connectivity index (χ0) is 15.0. The van der Waals surface area contributed by atoms with E-state index < -0.39 is 17.8 Å². The summed E-state index contributed by atoms with van der Waals surface area (Å²) in [4.78, 5) is 0. The summed E-state index contributed by atoms with van der Waals surface area (Å²) in [6.45, 7) is 4.21. The topological polar surface area (TPSA) is 27.1 Å². The van der Waals surface area contributed by atoms with Gasteiger partial charge in [-0.25, -0.2) is 13.2 Å². The molecule has 1 aliphatic heterocycles. The lowest BCUT2D eigenvalue weighted by molar-refractivity contribution is -0.111. The van der Waals surface area contributed by atoms with Crippen molar-refractivity contribution in [2.75, 3.05) is 13.2 Å². The first-order chi connectivity index (χ1) is 9.97. The molecule has 0 amide bonds. The Hall–Kier alpha value is -1.82. The van der Waals surface area contributed by atoms with E-state index in [0.717, 1.165) is 12.1 Å². The van der Waals surface area contributed by atoms with Gasteiger partial charge in [-0.05, 0) is 18.2 Å². The largest absolute Gasteiger partial charge is 0.380 e. The van der Waals surface area contributed by atoms with Crippen molar-refractivity contribution >= 4 is 0 Å². The van der Waals surface area contributed by atoms with Crippen molar-refractivity contribution in [2.24, 2.45) is 5.41 Å². The van der Waals surface area contributed by atoms with Crippen LogP contribution < -0.4 is 0 Å². The lowest BCUT2D eigenvalue weighted by atomic mass is 9.89. The second-order valence-corrected chi connectivity index (χ2v) is 5.74. The van der Waals surface area contributed by atoms with E-state index in [1.54, 1.807) is 16.9 Å². The van der Waals surface area contributed by atoms with Gasteiger partial charge < -0.3 is 4.74 Å². The zero-order valence-corrected chi connectivity index (χ0v) is 11.5. The van der Waals surface area contributed by atoms with Gasteiger partial charge in [-0.3, -0.25) is 4.68 Å². The smallest absolute Gasteiger partial charge is 0.266 e. The Bertz CT molecular complexity index is 650. The number of nitrogens with zero attached hydrogens (tertiary/aromatic N) is 2. The predicted molar refractivity (Wildman–Crippen MR) is 71.5 cm³/mol. The fourth-order valence-corrected chi connectivity index (χ4v) is 2.40. The van der Waals surface area contributed by atoms with Crippen molar-refractivity contribution in [1.82, 2.24) is 9.78 Å². The Kier molecular flexibility index (Phi) is 3.49. The molecule has 1 aromatic heterocycles. The fraction of sp³-hybridized carbons (Fsp3) is 0.400. The van der Waals surface area contributed by atoms with Crippen LogP contribution in [-0.4, -0.2) is 23.0 Å². The number of rotatable bonds is 4. The molecular weight excluding hydrogens is 281 g/mol. The van der Waals surface area contributed by atoms with Crippen LogP contribution in [0.2, 0.25) is 0 Å². The third-order valence-corrected chi connectivity index (χ3v) is 3.62. The van der Waals surface area contributed by atoms with Gasteiger partial charge in [0, 0.05) is 17.2 Å². The minimum absolute atomic E-state index is 0.0775. The van der Waals surface area contributed by atoms with E-state index in [0.29, 0.717) is 31.0 Å². The standard InChI is InChI=1S/C15H15F3N2O/c1-15(8-21-9-15)7-20-5-4-13(19-20)10-2-3-11(14(17)18)12(16)6-10/h2-6,14H,7-9H2,1H3. The summed E-state index contributed by atoms with van der Waals surface area (Å²) in [6, 6.07) is 5.42.